The lowest BCUT2D eigenvalue weighted by Crippen LogP contribution is -2.30. The molecule has 0 radical (unpaired) electrons. The number of aromatic amines is 2. The van der Waals surface area contributed by atoms with Crippen LogP contribution in [0.4, 0.5) is 27.8 Å². The van der Waals surface area contributed by atoms with Gasteiger partial charge in [0.05, 0.1) is 12.1 Å². The van der Waals surface area contributed by atoms with Crippen LogP contribution < -0.4 is 20.9 Å². The van der Waals surface area contributed by atoms with Crippen LogP contribution in [-0.4, -0.2) is 54.2 Å². The molecule has 10 rings (SSSR count). The van der Waals surface area contributed by atoms with Gasteiger partial charge >= 0.3 is 6.09 Å². The van der Waals surface area contributed by atoms with E-state index in [9.17, 15) is 14.4 Å². The molecule has 0 aliphatic carbocycles. The summed E-state index contributed by atoms with van der Waals surface area (Å²) in [4.78, 5) is 43.1. The monoisotopic (exact) mass is 954 g/mol. The van der Waals surface area contributed by atoms with Crippen LogP contribution in [-0.2, 0) is 15.6 Å². The summed E-state index contributed by atoms with van der Waals surface area (Å²) in [5.41, 5.74) is 16.8. The van der Waals surface area contributed by atoms with Crippen molar-refractivity contribution in [3.63, 3.8) is 0 Å². The van der Waals surface area contributed by atoms with E-state index in [2.05, 4.69) is 116 Å². The number of nitrogens with zero attached hydrogens (tertiary/aromatic N) is 6. The van der Waals surface area contributed by atoms with Crippen LogP contribution in [0.3, 0.4) is 0 Å². The predicted molar refractivity (Wildman–Crippen MR) is 272 cm³/mol. The summed E-state index contributed by atoms with van der Waals surface area (Å²) in [6.07, 6.45) is -0.612. The van der Waals surface area contributed by atoms with Gasteiger partial charge in [-0.15, -0.1) is 0 Å². The lowest BCUT2D eigenvalue weighted by Gasteiger charge is -2.29. The Morgan fingerprint density at radius 1 is 0.620 bits per heavy atom. The molecule has 0 fully saturated rings. The molecule has 16 heteroatoms. The van der Waals surface area contributed by atoms with Crippen molar-refractivity contribution in [3.8, 4) is 22.6 Å². The molecule has 0 spiro atoms. The smallest absolute Gasteiger partial charge is 0.413 e. The first-order valence-electron chi connectivity index (χ1n) is 23.4. The number of carbonyl (C=O) groups is 3. The number of carbonyl (C=O) groups excluding carboxylic acids is 3. The van der Waals surface area contributed by atoms with Gasteiger partial charge in [0.2, 0.25) is 0 Å². The highest BCUT2D eigenvalue weighted by atomic mass is 16.6. The van der Waals surface area contributed by atoms with Gasteiger partial charge in [0.25, 0.3) is 11.8 Å². The molecule has 4 aromatic heterocycles. The van der Waals surface area contributed by atoms with E-state index < -0.39 is 11.7 Å². The molecule has 71 heavy (non-hydrogen) atoms. The number of hydrogen-bond acceptors (Lipinski definition) is 11. The highest BCUT2D eigenvalue weighted by molar-refractivity contribution is 6.12. The number of nitrogen functional groups attached to an aromatic ring is 1. The van der Waals surface area contributed by atoms with Crippen molar-refractivity contribution in [2.75, 3.05) is 20.9 Å². The second-order valence-corrected chi connectivity index (χ2v) is 21.0. The van der Waals surface area contributed by atoms with Gasteiger partial charge < -0.3 is 19.5 Å². The predicted octanol–water partition coefficient (Wildman–Crippen LogP) is 11.8. The molecule has 364 valence electrons. The third kappa shape index (κ3) is 9.20. The van der Waals surface area contributed by atoms with E-state index in [1.54, 1.807) is 32.9 Å². The molecule has 8 aromatic rings. The molecular weight excluding hydrogens is 897 g/mol. The molecule has 2 aliphatic heterocycles. The molecule has 2 aliphatic rings. The van der Waals surface area contributed by atoms with Crippen molar-refractivity contribution in [1.82, 2.24) is 30.7 Å². The molecule has 4 aromatic carbocycles. The topological polar surface area (TPSA) is 214 Å². The summed E-state index contributed by atoms with van der Waals surface area (Å²) >= 11 is 0. The second-order valence-electron chi connectivity index (χ2n) is 21.0. The summed E-state index contributed by atoms with van der Waals surface area (Å²) in [7, 11) is 0. The Kier molecular flexibility index (Phi) is 12.1. The Morgan fingerprint density at radius 2 is 1.04 bits per heavy atom. The number of hydrogen-bond donors (Lipinski definition) is 4. The fraction of sp³-hybridized carbons (Fsp3) is 0.291. The number of H-pyrrole nitrogens is 2. The van der Waals surface area contributed by atoms with E-state index in [1.165, 1.54) is 0 Å². The minimum Gasteiger partial charge on any atom is -0.444 e. The largest absolute Gasteiger partial charge is 0.444 e. The molecule has 5 N–H and O–H groups in total. The lowest BCUT2D eigenvalue weighted by atomic mass is 9.85. The first-order valence-corrected chi connectivity index (χ1v) is 23.4. The van der Waals surface area contributed by atoms with Crippen LogP contribution in [0.5, 0.6) is 0 Å². The molecule has 3 amide bonds. The van der Waals surface area contributed by atoms with Crippen molar-refractivity contribution >= 4 is 40.9 Å². The van der Waals surface area contributed by atoms with Crippen molar-refractivity contribution in [2.24, 2.45) is 0 Å². The average molecular weight is 955 g/mol. The number of aryl methyl sites for hydroxylation is 2. The standard InChI is InChI=1S/C30H33N5O4.C25H25N5O2/c1-17-10-8-9-11-20(17)25-23-24(32-33-26(23)29(2,3)4)27(36)35(25)19-14-12-18(13-15-19)21-16-22(34-39-21)31-28(37)38-30(5,6)7;1-14-7-5-6-8-17(14)22-20-21(27-28-23(20)25(2,3)4)24(31)30(22)16-11-9-15(10-12-16)18-13-19(26)29-32-18/h8-16,25H,1-7H3,(H,32,33)(H,31,34,37);5-13,22H,1-4H3,(H2,26,29)(H,27,28). The van der Waals surface area contributed by atoms with E-state index in [-0.39, 0.29) is 40.5 Å². The number of fused-ring (bicyclic) bond motifs is 2. The van der Waals surface area contributed by atoms with E-state index >= 15 is 0 Å². The van der Waals surface area contributed by atoms with Gasteiger partial charge in [0.1, 0.15) is 5.60 Å². The summed E-state index contributed by atoms with van der Waals surface area (Å²) in [5, 5.41) is 25.4. The molecule has 0 saturated heterocycles. The number of rotatable bonds is 7. The zero-order valence-electron chi connectivity index (χ0n) is 41.8. The lowest BCUT2D eigenvalue weighted by molar-refractivity contribution is 0.0634. The number of aromatic nitrogens is 6. The van der Waals surface area contributed by atoms with Crippen molar-refractivity contribution in [3.05, 3.63) is 165 Å². The molecular formula is C55H58N10O6. The quantitative estimate of drug-likeness (QED) is 0.118. The van der Waals surface area contributed by atoms with Gasteiger partial charge in [-0.25, -0.2) is 4.79 Å². The number of nitrogens with one attached hydrogen (secondary N) is 3. The zero-order chi connectivity index (χ0) is 50.7. The van der Waals surface area contributed by atoms with Gasteiger partial charge in [0.15, 0.2) is 34.5 Å². The molecule has 2 atom stereocenters. The maximum atomic E-state index is 13.8. The number of benzene rings is 4. The van der Waals surface area contributed by atoms with Crippen LogP contribution in [0.1, 0.15) is 140 Å². The fourth-order valence-corrected chi connectivity index (χ4v) is 9.21. The Hall–Kier alpha value is -8.27. The van der Waals surface area contributed by atoms with Crippen LogP contribution >= 0.6 is 0 Å². The number of nitrogens with two attached hydrogens (primary N) is 1. The Morgan fingerprint density at radius 3 is 1.44 bits per heavy atom. The molecule has 0 saturated carbocycles. The number of amides is 3. The Bertz CT molecular complexity index is 3290. The van der Waals surface area contributed by atoms with Gasteiger partial charge in [-0.3, -0.25) is 34.9 Å². The minimum absolute atomic E-state index is 0.114. The number of anilines is 4. The van der Waals surface area contributed by atoms with E-state index in [1.807, 2.05) is 82.6 Å². The first-order chi connectivity index (χ1) is 33.6. The van der Waals surface area contributed by atoms with Gasteiger partial charge in [-0.1, -0.05) is 100 Å². The van der Waals surface area contributed by atoms with Crippen LogP contribution in [0, 0.1) is 13.8 Å². The first kappa shape index (κ1) is 47.8. The van der Waals surface area contributed by atoms with Crippen LogP contribution in [0.2, 0.25) is 0 Å². The van der Waals surface area contributed by atoms with E-state index in [4.69, 9.17) is 19.5 Å². The number of ether oxygens (including phenoxy) is 1. The zero-order valence-corrected chi connectivity index (χ0v) is 41.8. The normalized spacial score (nSPS) is 15.6. The summed E-state index contributed by atoms with van der Waals surface area (Å²) in [6, 6.07) is 34.2. The second kappa shape index (κ2) is 17.9. The summed E-state index contributed by atoms with van der Waals surface area (Å²) in [6.45, 7) is 22.2. The highest BCUT2D eigenvalue weighted by Crippen LogP contribution is 2.48. The molecule has 16 nitrogen and oxygen atoms in total. The molecule has 0 bridgehead atoms. The van der Waals surface area contributed by atoms with Gasteiger partial charge in [0, 0.05) is 68.0 Å². The van der Waals surface area contributed by atoms with Gasteiger partial charge in [-0.2, -0.15) is 10.2 Å². The molecule has 2 unspecified atom stereocenters. The Labute approximate surface area is 411 Å². The third-order valence-electron chi connectivity index (χ3n) is 12.5. The van der Waals surface area contributed by atoms with E-state index in [0.717, 1.165) is 67.3 Å². The maximum Gasteiger partial charge on any atom is 0.413 e. The van der Waals surface area contributed by atoms with Crippen LogP contribution in [0.15, 0.2) is 118 Å². The van der Waals surface area contributed by atoms with Crippen LogP contribution in [0.25, 0.3) is 22.6 Å². The van der Waals surface area contributed by atoms with Crippen molar-refractivity contribution in [2.45, 2.75) is 105 Å². The highest BCUT2D eigenvalue weighted by Gasteiger charge is 2.47. The van der Waals surface area contributed by atoms with Crippen molar-refractivity contribution in [1.29, 1.82) is 0 Å². The maximum absolute atomic E-state index is 13.8. The SMILES string of the molecule is Cc1ccccc1C1c2c(n[nH]c2C(C)(C)C)C(=O)N1c1ccc(-c2cc(N)no2)cc1.Cc1ccccc1C1c2c(n[nH]c2C(C)(C)C)C(=O)N1c1ccc(-c2cc(NC(=O)OC(C)(C)C)no2)cc1. The van der Waals surface area contributed by atoms with E-state index in [0.29, 0.717) is 28.7 Å². The fourth-order valence-electron chi connectivity index (χ4n) is 9.21. The third-order valence-corrected chi connectivity index (χ3v) is 12.5. The summed E-state index contributed by atoms with van der Waals surface area (Å²) in [5.74, 6) is 1.37. The van der Waals surface area contributed by atoms with Crippen molar-refractivity contribution < 1.29 is 28.2 Å². The summed E-state index contributed by atoms with van der Waals surface area (Å²) < 4.78 is 16.0. The molecule has 6 heterocycles. The average Bonchev–Trinajstić information content (AvgIpc) is 4.17. The Balaban J connectivity index is 0.000000179. The van der Waals surface area contributed by atoms with Gasteiger partial charge in [-0.05, 0) is 105 Å². The minimum atomic E-state index is -0.626.